The maximum atomic E-state index is 11.0. The van der Waals surface area contributed by atoms with Crippen LogP contribution in [-0.4, -0.2) is 43.7 Å². The average Bonchev–Trinajstić information content (AvgIpc) is 2.22. The van der Waals surface area contributed by atoms with Gasteiger partial charge >= 0.3 is 11.9 Å². The summed E-state index contributed by atoms with van der Waals surface area (Å²) in [7, 11) is 2.17. The number of ether oxygens (including phenoxy) is 2. The molecule has 6 heteroatoms. The molecule has 0 fully saturated rings. The highest BCUT2D eigenvalue weighted by Crippen LogP contribution is 2.11. The van der Waals surface area contributed by atoms with Crippen LogP contribution in [0.1, 0.15) is 6.42 Å². The van der Waals surface area contributed by atoms with Crippen molar-refractivity contribution < 1.29 is 29.0 Å². The Morgan fingerprint density at radius 2 is 1.79 bits per heavy atom. The summed E-state index contributed by atoms with van der Waals surface area (Å²) in [6, 6.07) is 0. The molecule has 0 saturated carbocycles. The van der Waals surface area contributed by atoms with E-state index in [9.17, 15) is 19.5 Å². The fourth-order valence-corrected chi connectivity index (χ4v) is 0.894. The second kappa shape index (κ2) is 6.09. The maximum Gasteiger partial charge on any atom is 0.335 e. The van der Waals surface area contributed by atoms with Crippen LogP contribution >= 0.6 is 0 Å². The largest absolute Gasteiger partial charge is 0.469 e. The van der Waals surface area contributed by atoms with Crippen LogP contribution in [0.15, 0.2) is 0 Å². The van der Waals surface area contributed by atoms with Gasteiger partial charge in [-0.3, -0.25) is 4.79 Å². The van der Waals surface area contributed by atoms with E-state index < -0.39 is 24.0 Å². The third kappa shape index (κ3) is 3.14. The van der Waals surface area contributed by atoms with Gasteiger partial charge in [-0.25, -0.2) is 4.79 Å². The molecule has 0 heterocycles. The third-order valence-electron chi connectivity index (χ3n) is 1.68. The molecule has 0 aliphatic heterocycles. The molecule has 0 rings (SSSR count). The van der Waals surface area contributed by atoms with Gasteiger partial charge in [0, 0.05) is 6.42 Å². The Morgan fingerprint density at radius 3 is 2.14 bits per heavy atom. The standard InChI is InChI=1S/C8H12O6/c1-13-7(11)5(3-4-9)6(10)8(12)14-2/h4-6,10H,3H2,1-2H3. The molecule has 2 unspecified atom stereocenters. The van der Waals surface area contributed by atoms with Gasteiger partial charge in [-0.15, -0.1) is 0 Å². The van der Waals surface area contributed by atoms with Crippen LogP contribution in [0.4, 0.5) is 0 Å². The number of aliphatic hydroxyl groups is 1. The Balaban J connectivity index is 4.54. The third-order valence-corrected chi connectivity index (χ3v) is 1.68. The zero-order valence-electron chi connectivity index (χ0n) is 7.93. The molecule has 0 amide bonds. The maximum absolute atomic E-state index is 11.0. The van der Waals surface area contributed by atoms with Gasteiger partial charge in [0.2, 0.25) is 0 Å². The molecular formula is C8H12O6. The van der Waals surface area contributed by atoms with Crippen molar-refractivity contribution in [3.8, 4) is 0 Å². The summed E-state index contributed by atoms with van der Waals surface area (Å²) in [5.41, 5.74) is 0. The molecule has 0 bridgehead atoms. The van der Waals surface area contributed by atoms with Crippen LogP contribution in [0.3, 0.4) is 0 Å². The van der Waals surface area contributed by atoms with E-state index in [4.69, 9.17) is 0 Å². The normalized spacial score (nSPS) is 13.9. The lowest BCUT2D eigenvalue weighted by Crippen LogP contribution is -2.36. The van der Waals surface area contributed by atoms with E-state index in [0.717, 1.165) is 14.2 Å². The van der Waals surface area contributed by atoms with Crippen molar-refractivity contribution in [2.24, 2.45) is 5.92 Å². The van der Waals surface area contributed by atoms with Gasteiger partial charge in [-0.05, 0) is 0 Å². The van der Waals surface area contributed by atoms with Crippen molar-refractivity contribution in [2.45, 2.75) is 12.5 Å². The molecule has 0 saturated heterocycles. The van der Waals surface area contributed by atoms with E-state index in [1.807, 2.05) is 0 Å². The van der Waals surface area contributed by atoms with Crippen molar-refractivity contribution in [3.63, 3.8) is 0 Å². The molecule has 0 aromatic heterocycles. The van der Waals surface area contributed by atoms with Gasteiger partial charge in [-0.1, -0.05) is 0 Å². The number of rotatable bonds is 5. The summed E-state index contributed by atoms with van der Waals surface area (Å²) in [6.07, 6.45) is -1.53. The molecule has 0 radical (unpaired) electrons. The zero-order valence-corrected chi connectivity index (χ0v) is 7.93. The first-order valence-electron chi connectivity index (χ1n) is 3.85. The lowest BCUT2D eigenvalue weighted by molar-refractivity contribution is -0.163. The molecule has 80 valence electrons. The average molecular weight is 204 g/mol. The van der Waals surface area contributed by atoms with Gasteiger partial charge < -0.3 is 19.4 Å². The summed E-state index contributed by atoms with van der Waals surface area (Å²) in [5, 5.41) is 9.28. The van der Waals surface area contributed by atoms with E-state index in [2.05, 4.69) is 9.47 Å². The molecule has 2 atom stereocenters. The second-order valence-corrected chi connectivity index (χ2v) is 2.50. The molecule has 0 aromatic carbocycles. The predicted octanol–water partition coefficient (Wildman–Crippen LogP) is -1.10. The summed E-state index contributed by atoms with van der Waals surface area (Å²) in [6.45, 7) is 0. The van der Waals surface area contributed by atoms with Crippen molar-refractivity contribution in [2.75, 3.05) is 14.2 Å². The van der Waals surface area contributed by atoms with E-state index in [1.165, 1.54) is 0 Å². The van der Waals surface area contributed by atoms with Crippen LogP contribution in [-0.2, 0) is 23.9 Å². The number of methoxy groups -OCH3 is 2. The number of hydrogen-bond acceptors (Lipinski definition) is 6. The highest BCUT2D eigenvalue weighted by atomic mass is 16.5. The second-order valence-electron chi connectivity index (χ2n) is 2.50. The van der Waals surface area contributed by atoms with Crippen LogP contribution in [0.5, 0.6) is 0 Å². The van der Waals surface area contributed by atoms with Crippen LogP contribution in [0, 0.1) is 5.92 Å². The van der Waals surface area contributed by atoms with Crippen molar-refractivity contribution in [3.05, 3.63) is 0 Å². The van der Waals surface area contributed by atoms with Gasteiger partial charge in [0.15, 0.2) is 6.10 Å². The first kappa shape index (κ1) is 12.6. The minimum Gasteiger partial charge on any atom is -0.469 e. The molecule has 0 spiro atoms. The minimum absolute atomic E-state index is 0.289. The van der Waals surface area contributed by atoms with E-state index in [1.54, 1.807) is 0 Å². The van der Waals surface area contributed by atoms with Crippen molar-refractivity contribution in [1.82, 2.24) is 0 Å². The number of aldehydes is 1. The van der Waals surface area contributed by atoms with Crippen LogP contribution in [0.2, 0.25) is 0 Å². The van der Waals surface area contributed by atoms with E-state index >= 15 is 0 Å². The summed E-state index contributed by atoms with van der Waals surface area (Å²) in [4.78, 5) is 32.0. The SMILES string of the molecule is COC(=O)C(O)C(CC=O)C(=O)OC. The minimum atomic E-state index is -1.67. The zero-order chi connectivity index (χ0) is 11.1. The molecule has 1 N–H and O–H groups in total. The van der Waals surface area contributed by atoms with Crippen LogP contribution < -0.4 is 0 Å². The topological polar surface area (TPSA) is 89.9 Å². The van der Waals surface area contributed by atoms with Gasteiger partial charge in [0.05, 0.1) is 14.2 Å². The smallest absolute Gasteiger partial charge is 0.335 e. The quantitative estimate of drug-likeness (QED) is 0.451. The number of carbonyl (C=O) groups is 3. The van der Waals surface area contributed by atoms with Gasteiger partial charge in [0.25, 0.3) is 0 Å². The van der Waals surface area contributed by atoms with Crippen molar-refractivity contribution in [1.29, 1.82) is 0 Å². The number of carbonyl (C=O) groups excluding carboxylic acids is 3. The predicted molar refractivity (Wildman–Crippen MR) is 44.2 cm³/mol. The Hall–Kier alpha value is -1.43. The Kier molecular flexibility index (Phi) is 5.47. The van der Waals surface area contributed by atoms with E-state index in [-0.39, 0.29) is 6.42 Å². The van der Waals surface area contributed by atoms with E-state index in [0.29, 0.717) is 6.29 Å². The first-order valence-corrected chi connectivity index (χ1v) is 3.85. The molecule has 0 aromatic rings. The summed E-state index contributed by atoms with van der Waals surface area (Å²) < 4.78 is 8.54. The number of esters is 2. The lowest BCUT2D eigenvalue weighted by atomic mass is 9.99. The lowest BCUT2D eigenvalue weighted by Gasteiger charge is -2.16. The fourth-order valence-electron chi connectivity index (χ4n) is 0.894. The Bertz CT molecular complexity index is 224. The summed E-state index contributed by atoms with van der Waals surface area (Å²) in [5.74, 6) is -3.00. The Morgan fingerprint density at radius 1 is 1.29 bits per heavy atom. The molecule has 0 aliphatic rings. The molecular weight excluding hydrogens is 192 g/mol. The summed E-state index contributed by atoms with van der Waals surface area (Å²) >= 11 is 0. The van der Waals surface area contributed by atoms with Gasteiger partial charge in [0.1, 0.15) is 12.2 Å². The number of aliphatic hydroxyl groups excluding tert-OH is 1. The van der Waals surface area contributed by atoms with Crippen molar-refractivity contribution >= 4 is 18.2 Å². The highest BCUT2D eigenvalue weighted by molar-refractivity contribution is 5.85. The van der Waals surface area contributed by atoms with Crippen LogP contribution in [0.25, 0.3) is 0 Å². The first-order chi connectivity index (χ1) is 6.58. The molecule has 0 aliphatic carbocycles. The monoisotopic (exact) mass is 204 g/mol. The fraction of sp³-hybridized carbons (Fsp3) is 0.625. The molecule has 6 nitrogen and oxygen atoms in total. The number of hydrogen-bond donors (Lipinski definition) is 1. The highest BCUT2D eigenvalue weighted by Gasteiger charge is 2.33. The Labute approximate surface area is 80.8 Å². The molecule has 14 heavy (non-hydrogen) atoms. The van der Waals surface area contributed by atoms with Gasteiger partial charge in [-0.2, -0.15) is 0 Å².